The molecule has 110 valence electrons. The molecule has 0 radical (unpaired) electrons. The predicted molar refractivity (Wildman–Crippen MR) is 89.0 cm³/mol. The normalized spacial score (nSPS) is 10.6. The van der Waals surface area contributed by atoms with Crippen LogP contribution in [0.15, 0.2) is 42.5 Å². The lowest BCUT2D eigenvalue weighted by Crippen LogP contribution is -2.05. The van der Waals surface area contributed by atoms with Crippen LogP contribution in [0.25, 0.3) is 0 Å². The molecule has 0 spiro atoms. The topological polar surface area (TPSA) is 17.1 Å². The van der Waals surface area contributed by atoms with Gasteiger partial charge in [-0.2, -0.15) is 0 Å². The van der Waals surface area contributed by atoms with Crippen molar-refractivity contribution in [3.8, 4) is 0 Å². The van der Waals surface area contributed by atoms with Gasteiger partial charge >= 0.3 is 0 Å². The molecular weight excluding hydrogens is 256 g/mol. The second-order valence-corrected chi connectivity index (χ2v) is 5.83. The maximum Gasteiger partial charge on any atom is 0.167 e. The molecule has 21 heavy (non-hydrogen) atoms. The Morgan fingerprint density at radius 3 is 2.33 bits per heavy atom. The lowest BCUT2D eigenvalue weighted by Gasteiger charge is -2.07. The molecule has 0 unspecified atom stereocenters. The average Bonchev–Trinajstić information content (AvgIpc) is 2.48. The summed E-state index contributed by atoms with van der Waals surface area (Å²) in [5.41, 5.74) is 5.70. The molecule has 0 fully saturated rings. The molecule has 1 nitrogen and oxygen atoms in total. The first kappa shape index (κ1) is 15.5. The van der Waals surface area contributed by atoms with Crippen molar-refractivity contribution in [1.29, 1.82) is 0 Å². The molecule has 0 atom stereocenters. The van der Waals surface area contributed by atoms with Crippen molar-refractivity contribution in [3.63, 3.8) is 0 Å². The highest BCUT2D eigenvalue weighted by Crippen LogP contribution is 2.15. The number of ketones is 1. The van der Waals surface area contributed by atoms with Gasteiger partial charge in [0.25, 0.3) is 0 Å². The quantitative estimate of drug-likeness (QED) is 0.675. The monoisotopic (exact) mass is 280 g/mol. The summed E-state index contributed by atoms with van der Waals surface area (Å²) in [5, 5.41) is 0. The molecule has 0 aliphatic carbocycles. The van der Waals surface area contributed by atoms with E-state index in [0.29, 0.717) is 6.42 Å². The molecular formula is C20H24O. The van der Waals surface area contributed by atoms with Crippen LogP contribution in [-0.2, 0) is 12.8 Å². The van der Waals surface area contributed by atoms with E-state index in [9.17, 15) is 4.79 Å². The number of rotatable bonds is 6. The summed E-state index contributed by atoms with van der Waals surface area (Å²) in [4.78, 5) is 12.4. The van der Waals surface area contributed by atoms with Crippen LogP contribution in [0.1, 0.15) is 52.4 Å². The molecule has 0 aliphatic heterocycles. The van der Waals surface area contributed by atoms with Gasteiger partial charge in [0.2, 0.25) is 0 Å². The zero-order chi connectivity index (χ0) is 15.2. The molecule has 2 aromatic carbocycles. The molecule has 0 bridgehead atoms. The number of benzene rings is 2. The van der Waals surface area contributed by atoms with Crippen LogP contribution in [0.2, 0.25) is 0 Å². The summed E-state index contributed by atoms with van der Waals surface area (Å²) >= 11 is 0. The van der Waals surface area contributed by atoms with E-state index in [0.717, 1.165) is 17.5 Å². The van der Waals surface area contributed by atoms with Gasteiger partial charge < -0.3 is 0 Å². The second-order valence-electron chi connectivity index (χ2n) is 5.83. The molecule has 2 aromatic rings. The average molecular weight is 280 g/mol. The highest BCUT2D eigenvalue weighted by Gasteiger charge is 2.09. The van der Waals surface area contributed by atoms with E-state index in [2.05, 4.69) is 51.1 Å². The third kappa shape index (κ3) is 4.29. The van der Waals surface area contributed by atoms with Gasteiger partial charge in [-0.1, -0.05) is 61.4 Å². The van der Waals surface area contributed by atoms with Crippen molar-refractivity contribution >= 4 is 5.78 Å². The number of carbonyl (C=O) groups excluding carboxylic acids is 1. The van der Waals surface area contributed by atoms with Gasteiger partial charge in [-0.3, -0.25) is 4.79 Å². The van der Waals surface area contributed by atoms with Gasteiger partial charge in [-0.05, 0) is 43.4 Å². The van der Waals surface area contributed by atoms with Crippen LogP contribution in [-0.4, -0.2) is 5.78 Å². The van der Waals surface area contributed by atoms with Crippen LogP contribution in [0, 0.1) is 13.8 Å². The lowest BCUT2D eigenvalue weighted by molar-refractivity contribution is 0.0992. The summed E-state index contributed by atoms with van der Waals surface area (Å²) in [6.45, 7) is 6.35. The minimum atomic E-state index is 0.198. The van der Waals surface area contributed by atoms with Crippen LogP contribution in [0.4, 0.5) is 0 Å². The minimum Gasteiger partial charge on any atom is -0.294 e. The molecule has 2 rings (SSSR count). The first-order valence-corrected chi connectivity index (χ1v) is 7.78. The van der Waals surface area contributed by atoms with Crippen molar-refractivity contribution in [3.05, 3.63) is 70.3 Å². The molecule has 0 aromatic heterocycles. The fourth-order valence-corrected chi connectivity index (χ4v) is 2.56. The Labute approximate surface area is 128 Å². The highest BCUT2D eigenvalue weighted by atomic mass is 16.1. The van der Waals surface area contributed by atoms with Gasteiger partial charge in [-0.25, -0.2) is 0 Å². The minimum absolute atomic E-state index is 0.198. The molecule has 0 N–H and O–H groups in total. The maximum absolute atomic E-state index is 12.4. The summed E-state index contributed by atoms with van der Waals surface area (Å²) in [6.07, 6.45) is 3.99. The van der Waals surface area contributed by atoms with E-state index in [4.69, 9.17) is 0 Å². The highest BCUT2D eigenvalue weighted by molar-refractivity contribution is 5.97. The van der Waals surface area contributed by atoms with Gasteiger partial charge in [0, 0.05) is 12.0 Å². The Kier molecular flexibility index (Phi) is 5.32. The molecule has 0 heterocycles. The van der Waals surface area contributed by atoms with Crippen molar-refractivity contribution in [1.82, 2.24) is 0 Å². The molecule has 0 saturated carbocycles. The summed E-state index contributed by atoms with van der Waals surface area (Å²) in [6, 6.07) is 14.4. The summed E-state index contributed by atoms with van der Waals surface area (Å²) < 4.78 is 0. The fourth-order valence-electron chi connectivity index (χ4n) is 2.56. The van der Waals surface area contributed by atoms with Crippen LogP contribution in [0.3, 0.4) is 0 Å². The largest absolute Gasteiger partial charge is 0.294 e. The van der Waals surface area contributed by atoms with E-state index in [1.807, 2.05) is 12.1 Å². The van der Waals surface area contributed by atoms with Crippen molar-refractivity contribution in [2.24, 2.45) is 0 Å². The Bertz CT molecular complexity index is 608. The van der Waals surface area contributed by atoms with Gasteiger partial charge in [0.15, 0.2) is 5.78 Å². The molecule has 0 amide bonds. The Hall–Kier alpha value is -1.89. The number of aryl methyl sites for hydroxylation is 3. The Balaban J connectivity index is 2.06. The molecule has 0 saturated heterocycles. The SMILES string of the molecule is CCCCc1ccc(C(=O)Cc2ccc(C)cc2C)cc1. The van der Waals surface area contributed by atoms with Crippen molar-refractivity contribution in [2.75, 3.05) is 0 Å². The van der Waals surface area contributed by atoms with Gasteiger partial charge in [0.05, 0.1) is 0 Å². The standard InChI is InChI=1S/C20H24O/c1-4-5-6-17-8-11-18(12-9-17)20(21)14-19-10-7-15(2)13-16(19)3/h7-13H,4-6,14H2,1-3H3. The van der Waals surface area contributed by atoms with Gasteiger partial charge in [-0.15, -0.1) is 0 Å². The predicted octanol–water partition coefficient (Wildman–Crippen LogP) is 5.07. The lowest BCUT2D eigenvalue weighted by atomic mass is 9.97. The zero-order valence-electron chi connectivity index (χ0n) is 13.3. The Morgan fingerprint density at radius 1 is 1.00 bits per heavy atom. The Morgan fingerprint density at radius 2 is 1.71 bits per heavy atom. The third-order valence-electron chi connectivity index (χ3n) is 3.94. The zero-order valence-corrected chi connectivity index (χ0v) is 13.3. The fraction of sp³-hybridized carbons (Fsp3) is 0.350. The number of carbonyl (C=O) groups is 1. The summed E-state index contributed by atoms with van der Waals surface area (Å²) in [5.74, 6) is 0.198. The molecule has 0 aliphatic rings. The van der Waals surface area contributed by atoms with Gasteiger partial charge in [0.1, 0.15) is 0 Å². The number of hydrogen-bond donors (Lipinski definition) is 0. The van der Waals surface area contributed by atoms with Crippen molar-refractivity contribution < 1.29 is 4.79 Å². The van der Waals surface area contributed by atoms with Crippen LogP contribution in [0.5, 0.6) is 0 Å². The van der Waals surface area contributed by atoms with Crippen molar-refractivity contribution in [2.45, 2.75) is 46.5 Å². The van der Waals surface area contributed by atoms with E-state index in [-0.39, 0.29) is 5.78 Å². The molecule has 1 heteroatoms. The number of hydrogen-bond acceptors (Lipinski definition) is 1. The number of Topliss-reactive ketones (excluding diaryl/α,β-unsaturated/α-hetero) is 1. The first-order valence-electron chi connectivity index (χ1n) is 7.78. The second kappa shape index (κ2) is 7.21. The maximum atomic E-state index is 12.4. The summed E-state index contributed by atoms with van der Waals surface area (Å²) in [7, 11) is 0. The third-order valence-corrected chi connectivity index (χ3v) is 3.94. The first-order chi connectivity index (χ1) is 10.1. The van der Waals surface area contributed by atoms with E-state index in [1.54, 1.807) is 0 Å². The van der Waals surface area contributed by atoms with E-state index < -0.39 is 0 Å². The number of unbranched alkanes of at least 4 members (excludes halogenated alkanes) is 1. The van der Waals surface area contributed by atoms with E-state index in [1.165, 1.54) is 29.5 Å². The van der Waals surface area contributed by atoms with E-state index >= 15 is 0 Å². The van der Waals surface area contributed by atoms with Crippen LogP contribution >= 0.6 is 0 Å². The smallest absolute Gasteiger partial charge is 0.167 e. The van der Waals surface area contributed by atoms with Crippen LogP contribution < -0.4 is 0 Å².